The lowest BCUT2D eigenvalue weighted by molar-refractivity contribution is -0.383. The van der Waals surface area contributed by atoms with Gasteiger partial charge in [-0.1, -0.05) is 6.07 Å². The molecule has 0 aliphatic rings. The smallest absolute Gasteiger partial charge is 0.313 e. The van der Waals surface area contributed by atoms with Crippen LogP contribution in [0.3, 0.4) is 0 Å². The van der Waals surface area contributed by atoms with E-state index >= 15 is 0 Å². The van der Waals surface area contributed by atoms with Crippen molar-refractivity contribution in [2.24, 2.45) is 0 Å². The molecule has 0 aliphatic heterocycles. The van der Waals surface area contributed by atoms with Gasteiger partial charge in [-0.3, -0.25) is 10.1 Å². The van der Waals surface area contributed by atoms with Gasteiger partial charge < -0.3 is 4.42 Å². The quantitative estimate of drug-likeness (QED) is 0.475. The number of aromatic nitrogens is 1. The average Bonchev–Trinajstić information content (AvgIpc) is 2.49. The molecule has 0 fully saturated rings. The Labute approximate surface area is 66.8 Å². The average molecular weight is 164 g/mol. The summed E-state index contributed by atoms with van der Waals surface area (Å²) < 4.78 is 4.86. The number of hydrogen-bond acceptors (Lipinski definition) is 4. The highest BCUT2D eigenvalue weighted by Gasteiger charge is 2.13. The van der Waals surface area contributed by atoms with Crippen molar-refractivity contribution in [3.05, 3.63) is 34.7 Å². The molecule has 1 aromatic carbocycles. The molecule has 0 atom stereocenters. The van der Waals surface area contributed by atoms with Crippen LogP contribution in [0.4, 0.5) is 5.69 Å². The van der Waals surface area contributed by atoms with E-state index in [1.165, 1.54) is 12.5 Å². The fraction of sp³-hybridized carbons (Fsp3) is 0. The van der Waals surface area contributed by atoms with Gasteiger partial charge in [0.15, 0.2) is 6.39 Å². The maximum Gasteiger partial charge on any atom is 0.313 e. The predicted molar refractivity (Wildman–Crippen MR) is 40.7 cm³/mol. The van der Waals surface area contributed by atoms with Gasteiger partial charge in [0.05, 0.1) is 4.92 Å². The Morgan fingerprint density at radius 1 is 1.50 bits per heavy atom. The standard InChI is InChI=1S/C7H4N2O3/c10-9(11)6-3-1-2-5-7(6)12-4-8-5/h1-4H. The van der Waals surface area contributed by atoms with E-state index in [0.29, 0.717) is 5.52 Å². The zero-order valence-electron chi connectivity index (χ0n) is 5.93. The Bertz CT molecular complexity index is 435. The first-order valence-corrected chi connectivity index (χ1v) is 3.25. The largest absolute Gasteiger partial charge is 0.436 e. The lowest BCUT2D eigenvalue weighted by Crippen LogP contribution is -1.87. The first-order chi connectivity index (χ1) is 5.79. The molecule has 12 heavy (non-hydrogen) atoms. The van der Waals surface area contributed by atoms with Crippen molar-refractivity contribution in [1.82, 2.24) is 4.98 Å². The third-order valence-electron chi connectivity index (χ3n) is 1.53. The number of rotatable bonds is 1. The second-order valence-electron chi connectivity index (χ2n) is 2.23. The van der Waals surface area contributed by atoms with Gasteiger partial charge in [-0.05, 0) is 6.07 Å². The van der Waals surface area contributed by atoms with Crippen LogP contribution in [-0.2, 0) is 0 Å². The molecule has 5 nitrogen and oxygen atoms in total. The van der Waals surface area contributed by atoms with Crippen molar-refractivity contribution in [2.75, 3.05) is 0 Å². The van der Waals surface area contributed by atoms with Crippen molar-refractivity contribution < 1.29 is 9.34 Å². The van der Waals surface area contributed by atoms with Crippen LogP contribution in [0.1, 0.15) is 0 Å². The maximum atomic E-state index is 10.4. The topological polar surface area (TPSA) is 69.2 Å². The Balaban J connectivity index is 2.82. The molecule has 0 aliphatic carbocycles. The summed E-state index contributed by atoms with van der Waals surface area (Å²) in [4.78, 5) is 13.7. The first kappa shape index (κ1) is 6.78. The summed E-state index contributed by atoms with van der Waals surface area (Å²) in [6.07, 6.45) is 1.19. The molecule has 2 rings (SSSR count). The van der Waals surface area contributed by atoms with Crippen LogP contribution in [0.5, 0.6) is 0 Å². The predicted octanol–water partition coefficient (Wildman–Crippen LogP) is 1.74. The van der Waals surface area contributed by atoms with Gasteiger partial charge in [-0.25, -0.2) is 4.98 Å². The third kappa shape index (κ3) is 0.833. The molecule has 0 spiro atoms. The SMILES string of the molecule is O=[N+]([O-])c1cccc2ncoc12. The summed E-state index contributed by atoms with van der Waals surface area (Å²) in [7, 11) is 0. The van der Waals surface area contributed by atoms with Crippen molar-refractivity contribution in [3.8, 4) is 0 Å². The Morgan fingerprint density at radius 3 is 3.08 bits per heavy atom. The van der Waals surface area contributed by atoms with Gasteiger partial charge in [-0.15, -0.1) is 0 Å². The molecule has 0 amide bonds. The minimum Gasteiger partial charge on any atom is -0.436 e. The van der Waals surface area contributed by atoms with Crippen LogP contribution >= 0.6 is 0 Å². The van der Waals surface area contributed by atoms with Gasteiger partial charge >= 0.3 is 5.69 Å². The van der Waals surface area contributed by atoms with E-state index in [1.54, 1.807) is 12.1 Å². The Kier molecular flexibility index (Phi) is 1.30. The molecule has 5 heteroatoms. The van der Waals surface area contributed by atoms with Gasteiger partial charge in [0.2, 0.25) is 5.58 Å². The number of hydrogen-bond donors (Lipinski definition) is 0. The number of para-hydroxylation sites is 1. The van der Waals surface area contributed by atoms with Gasteiger partial charge in [0.25, 0.3) is 0 Å². The molecule has 0 saturated heterocycles. The van der Waals surface area contributed by atoms with Crippen molar-refractivity contribution in [1.29, 1.82) is 0 Å². The van der Waals surface area contributed by atoms with E-state index < -0.39 is 4.92 Å². The molecule has 0 unspecified atom stereocenters. The fourth-order valence-corrected chi connectivity index (χ4v) is 1.02. The van der Waals surface area contributed by atoms with Crippen LogP contribution in [0.15, 0.2) is 29.0 Å². The molecule has 0 saturated carbocycles. The monoisotopic (exact) mass is 164 g/mol. The van der Waals surface area contributed by atoms with E-state index in [9.17, 15) is 10.1 Å². The molecule has 60 valence electrons. The van der Waals surface area contributed by atoms with Crippen LogP contribution in [0.2, 0.25) is 0 Å². The van der Waals surface area contributed by atoms with E-state index in [4.69, 9.17) is 4.42 Å². The van der Waals surface area contributed by atoms with Gasteiger partial charge in [0.1, 0.15) is 5.52 Å². The van der Waals surface area contributed by atoms with Crippen LogP contribution in [-0.4, -0.2) is 9.91 Å². The van der Waals surface area contributed by atoms with Gasteiger partial charge in [0, 0.05) is 6.07 Å². The minimum atomic E-state index is -0.493. The summed E-state index contributed by atoms with van der Waals surface area (Å²) in [6, 6.07) is 4.61. The minimum absolute atomic E-state index is 0.0509. The van der Waals surface area contributed by atoms with E-state index in [1.807, 2.05) is 0 Å². The van der Waals surface area contributed by atoms with E-state index in [-0.39, 0.29) is 11.3 Å². The molecule has 2 aromatic rings. The number of nitro benzene ring substituents is 1. The number of fused-ring (bicyclic) bond motifs is 1. The van der Waals surface area contributed by atoms with Crippen LogP contribution in [0, 0.1) is 10.1 Å². The summed E-state index contributed by atoms with van der Waals surface area (Å²) in [5.41, 5.74) is 0.678. The number of non-ortho nitro benzene ring substituents is 1. The molecule has 0 bridgehead atoms. The number of nitro groups is 1. The molecule has 1 aromatic heterocycles. The molecule has 1 heterocycles. The highest BCUT2D eigenvalue weighted by atomic mass is 16.6. The summed E-state index contributed by atoms with van der Waals surface area (Å²) in [6.45, 7) is 0. The maximum absolute atomic E-state index is 10.4. The zero-order valence-corrected chi connectivity index (χ0v) is 5.93. The first-order valence-electron chi connectivity index (χ1n) is 3.25. The molecular formula is C7H4N2O3. The van der Waals surface area contributed by atoms with Crippen molar-refractivity contribution in [3.63, 3.8) is 0 Å². The Morgan fingerprint density at radius 2 is 2.33 bits per heavy atom. The van der Waals surface area contributed by atoms with Crippen LogP contribution in [0.25, 0.3) is 11.1 Å². The highest BCUT2D eigenvalue weighted by Crippen LogP contribution is 2.23. The van der Waals surface area contributed by atoms with E-state index in [0.717, 1.165) is 0 Å². The fourth-order valence-electron chi connectivity index (χ4n) is 1.02. The number of oxazole rings is 1. The molecule has 0 N–H and O–H groups in total. The third-order valence-corrected chi connectivity index (χ3v) is 1.53. The summed E-state index contributed by atoms with van der Waals surface area (Å²) in [5.74, 6) is 0. The molecule has 0 radical (unpaired) electrons. The van der Waals surface area contributed by atoms with Gasteiger partial charge in [-0.2, -0.15) is 0 Å². The second-order valence-corrected chi connectivity index (χ2v) is 2.23. The summed E-state index contributed by atoms with van der Waals surface area (Å²) >= 11 is 0. The van der Waals surface area contributed by atoms with E-state index in [2.05, 4.69) is 4.98 Å². The summed E-state index contributed by atoms with van der Waals surface area (Å²) in [5, 5.41) is 10.4. The second kappa shape index (κ2) is 2.30. The molecular weight excluding hydrogens is 160 g/mol. The normalized spacial score (nSPS) is 10.3. The number of nitrogens with zero attached hydrogens (tertiary/aromatic N) is 2. The number of benzene rings is 1. The lowest BCUT2D eigenvalue weighted by atomic mass is 10.3. The zero-order chi connectivity index (χ0) is 8.55. The highest BCUT2D eigenvalue weighted by molar-refractivity contribution is 5.81. The van der Waals surface area contributed by atoms with Crippen molar-refractivity contribution in [2.45, 2.75) is 0 Å². The van der Waals surface area contributed by atoms with Crippen molar-refractivity contribution >= 4 is 16.8 Å². The van der Waals surface area contributed by atoms with Crippen LogP contribution < -0.4 is 0 Å². The Hall–Kier alpha value is -1.91. The lowest BCUT2D eigenvalue weighted by Gasteiger charge is -1.89.